The van der Waals surface area contributed by atoms with E-state index in [4.69, 9.17) is 0 Å². The molecule has 1 N–H and O–H groups in total. The molecule has 0 atom stereocenters. The molecular formula is C17H25N3O3S. The number of amides is 1. The lowest BCUT2D eigenvalue weighted by Crippen LogP contribution is -2.50. The lowest BCUT2D eigenvalue weighted by Gasteiger charge is -2.30. The summed E-state index contributed by atoms with van der Waals surface area (Å²) in [6, 6.07) is 5.13. The highest BCUT2D eigenvalue weighted by Crippen LogP contribution is 2.32. The first-order chi connectivity index (χ1) is 11.4. The van der Waals surface area contributed by atoms with Gasteiger partial charge in [-0.05, 0) is 49.9 Å². The minimum atomic E-state index is -3.64. The standard InChI is InChI=1S/C17H25N3O3S/c1-13-3-6-16(11-14(13)2)24(22,23)20(15-4-5-15)12-17(21)19-9-7-18-8-10-19/h3,6,11,15,18H,4-5,7-10,12H2,1-2H3. The monoisotopic (exact) mass is 351 g/mol. The van der Waals surface area contributed by atoms with Crippen molar-refractivity contribution in [2.75, 3.05) is 32.7 Å². The normalized spacial score (nSPS) is 18.9. The molecule has 0 bridgehead atoms. The molecule has 6 nitrogen and oxygen atoms in total. The van der Waals surface area contributed by atoms with Crippen LogP contribution in [0.1, 0.15) is 24.0 Å². The number of aryl methyl sites for hydroxylation is 2. The Hall–Kier alpha value is -1.44. The van der Waals surface area contributed by atoms with E-state index < -0.39 is 10.0 Å². The van der Waals surface area contributed by atoms with E-state index >= 15 is 0 Å². The number of sulfonamides is 1. The fraction of sp³-hybridized carbons (Fsp3) is 0.588. The number of nitrogens with zero attached hydrogens (tertiary/aromatic N) is 2. The van der Waals surface area contributed by atoms with E-state index in [0.29, 0.717) is 13.1 Å². The van der Waals surface area contributed by atoms with Gasteiger partial charge in [0.1, 0.15) is 0 Å². The van der Waals surface area contributed by atoms with Crippen LogP contribution >= 0.6 is 0 Å². The molecule has 3 rings (SSSR count). The smallest absolute Gasteiger partial charge is 0.243 e. The first-order valence-electron chi connectivity index (χ1n) is 8.47. The number of carbonyl (C=O) groups excluding carboxylic acids is 1. The fourth-order valence-corrected chi connectivity index (χ4v) is 4.65. The molecule has 0 unspecified atom stereocenters. The van der Waals surface area contributed by atoms with Crippen LogP contribution in [0.25, 0.3) is 0 Å². The summed E-state index contributed by atoms with van der Waals surface area (Å²) >= 11 is 0. The van der Waals surface area contributed by atoms with Gasteiger partial charge in [0.15, 0.2) is 0 Å². The van der Waals surface area contributed by atoms with Gasteiger partial charge in [0, 0.05) is 32.2 Å². The lowest BCUT2D eigenvalue weighted by molar-refractivity contribution is -0.132. The van der Waals surface area contributed by atoms with Crippen LogP contribution in [0.3, 0.4) is 0 Å². The number of hydrogen-bond donors (Lipinski definition) is 1. The van der Waals surface area contributed by atoms with Gasteiger partial charge in [-0.3, -0.25) is 4.79 Å². The number of benzene rings is 1. The van der Waals surface area contributed by atoms with Crippen molar-refractivity contribution in [2.45, 2.75) is 37.6 Å². The molecule has 2 fully saturated rings. The van der Waals surface area contributed by atoms with Crippen LogP contribution in [0.15, 0.2) is 23.1 Å². The summed E-state index contributed by atoms with van der Waals surface area (Å²) in [7, 11) is -3.64. The van der Waals surface area contributed by atoms with Gasteiger partial charge in [0.25, 0.3) is 0 Å². The molecule has 24 heavy (non-hydrogen) atoms. The van der Waals surface area contributed by atoms with Crippen LogP contribution in [0.5, 0.6) is 0 Å². The topological polar surface area (TPSA) is 69.7 Å². The van der Waals surface area contributed by atoms with Gasteiger partial charge >= 0.3 is 0 Å². The maximum Gasteiger partial charge on any atom is 0.243 e. The average molecular weight is 351 g/mol. The molecule has 1 aliphatic heterocycles. The van der Waals surface area contributed by atoms with E-state index in [0.717, 1.165) is 37.1 Å². The average Bonchev–Trinajstić information content (AvgIpc) is 3.40. The summed E-state index contributed by atoms with van der Waals surface area (Å²) in [5.41, 5.74) is 2.00. The number of hydrogen-bond acceptors (Lipinski definition) is 4. The van der Waals surface area contributed by atoms with Crippen LogP contribution in [-0.2, 0) is 14.8 Å². The van der Waals surface area contributed by atoms with Crippen LogP contribution in [-0.4, -0.2) is 62.3 Å². The van der Waals surface area contributed by atoms with Gasteiger partial charge in [-0.2, -0.15) is 4.31 Å². The highest BCUT2D eigenvalue weighted by atomic mass is 32.2. The summed E-state index contributed by atoms with van der Waals surface area (Å²) < 4.78 is 27.5. The van der Waals surface area contributed by atoms with Gasteiger partial charge in [0.2, 0.25) is 15.9 Å². The van der Waals surface area contributed by atoms with Gasteiger partial charge in [0.05, 0.1) is 11.4 Å². The first-order valence-corrected chi connectivity index (χ1v) is 9.91. The van der Waals surface area contributed by atoms with E-state index in [-0.39, 0.29) is 23.4 Å². The van der Waals surface area contributed by atoms with Crippen LogP contribution in [0.2, 0.25) is 0 Å². The Labute approximate surface area is 143 Å². The number of rotatable bonds is 5. The molecule has 2 aliphatic rings. The molecular weight excluding hydrogens is 326 g/mol. The van der Waals surface area contributed by atoms with E-state index in [2.05, 4.69) is 5.32 Å². The Morgan fingerprint density at radius 2 is 1.88 bits per heavy atom. The number of carbonyl (C=O) groups is 1. The lowest BCUT2D eigenvalue weighted by atomic mass is 10.1. The summed E-state index contributed by atoms with van der Waals surface area (Å²) in [5.74, 6) is -0.101. The zero-order valence-corrected chi connectivity index (χ0v) is 15.1. The number of nitrogens with one attached hydrogen (secondary N) is 1. The number of piperazine rings is 1. The quantitative estimate of drug-likeness (QED) is 0.855. The van der Waals surface area contributed by atoms with Crippen molar-refractivity contribution in [3.63, 3.8) is 0 Å². The van der Waals surface area contributed by atoms with Crippen molar-refractivity contribution >= 4 is 15.9 Å². The third-order valence-electron chi connectivity index (χ3n) is 4.80. The molecule has 1 saturated carbocycles. The Morgan fingerprint density at radius 1 is 1.21 bits per heavy atom. The molecule has 1 saturated heterocycles. The van der Waals surface area contributed by atoms with Gasteiger partial charge in [-0.25, -0.2) is 8.42 Å². The molecule has 1 aromatic rings. The second kappa shape index (κ2) is 6.82. The fourth-order valence-electron chi connectivity index (χ4n) is 2.93. The van der Waals surface area contributed by atoms with Crippen molar-refractivity contribution in [3.05, 3.63) is 29.3 Å². The Bertz CT molecular complexity index is 723. The maximum atomic E-state index is 13.0. The second-order valence-electron chi connectivity index (χ2n) is 6.66. The highest BCUT2D eigenvalue weighted by Gasteiger charge is 2.40. The van der Waals surface area contributed by atoms with Crippen molar-refractivity contribution in [1.82, 2.24) is 14.5 Å². The predicted octanol–water partition coefficient (Wildman–Crippen LogP) is 0.888. The highest BCUT2D eigenvalue weighted by molar-refractivity contribution is 7.89. The van der Waals surface area contributed by atoms with E-state index in [1.54, 1.807) is 17.0 Å². The molecule has 1 heterocycles. The second-order valence-corrected chi connectivity index (χ2v) is 8.55. The van der Waals surface area contributed by atoms with Gasteiger partial charge in [-0.15, -0.1) is 0 Å². The van der Waals surface area contributed by atoms with Crippen LogP contribution < -0.4 is 5.32 Å². The Balaban J connectivity index is 1.81. The third kappa shape index (κ3) is 3.63. The summed E-state index contributed by atoms with van der Waals surface area (Å²) in [6.45, 7) is 6.61. The zero-order chi connectivity index (χ0) is 17.3. The Kier molecular flexibility index (Phi) is 4.94. The van der Waals surface area contributed by atoms with E-state index in [1.165, 1.54) is 4.31 Å². The molecule has 132 valence electrons. The SMILES string of the molecule is Cc1ccc(S(=O)(=O)N(CC(=O)N2CCNCC2)C2CC2)cc1C. The molecule has 0 aromatic heterocycles. The van der Waals surface area contributed by atoms with Crippen molar-refractivity contribution in [2.24, 2.45) is 0 Å². The van der Waals surface area contributed by atoms with E-state index in [1.807, 2.05) is 19.9 Å². The predicted molar refractivity (Wildman–Crippen MR) is 92.3 cm³/mol. The van der Waals surface area contributed by atoms with Crippen molar-refractivity contribution < 1.29 is 13.2 Å². The summed E-state index contributed by atoms with van der Waals surface area (Å²) in [6.07, 6.45) is 1.66. The molecule has 7 heteroatoms. The zero-order valence-electron chi connectivity index (χ0n) is 14.3. The third-order valence-corrected chi connectivity index (χ3v) is 6.69. The summed E-state index contributed by atoms with van der Waals surface area (Å²) in [4.78, 5) is 14.6. The van der Waals surface area contributed by atoms with E-state index in [9.17, 15) is 13.2 Å². The van der Waals surface area contributed by atoms with Gasteiger partial charge in [-0.1, -0.05) is 6.07 Å². The van der Waals surface area contributed by atoms with Crippen LogP contribution in [0, 0.1) is 13.8 Å². The largest absolute Gasteiger partial charge is 0.339 e. The minimum absolute atomic E-state index is 0.0384. The molecule has 1 amide bonds. The van der Waals surface area contributed by atoms with Gasteiger partial charge < -0.3 is 10.2 Å². The van der Waals surface area contributed by atoms with Crippen molar-refractivity contribution in [1.29, 1.82) is 0 Å². The molecule has 0 spiro atoms. The Morgan fingerprint density at radius 3 is 2.46 bits per heavy atom. The molecule has 0 radical (unpaired) electrons. The minimum Gasteiger partial charge on any atom is -0.339 e. The molecule has 1 aliphatic carbocycles. The van der Waals surface area contributed by atoms with Crippen molar-refractivity contribution in [3.8, 4) is 0 Å². The first kappa shape index (κ1) is 17.4. The maximum absolute atomic E-state index is 13.0. The van der Waals surface area contributed by atoms with Crippen LogP contribution in [0.4, 0.5) is 0 Å². The molecule has 1 aromatic carbocycles. The summed E-state index contributed by atoms with van der Waals surface area (Å²) in [5, 5.41) is 3.20.